The molecule has 3 heteroatoms. The molecule has 1 aliphatic carbocycles. The molecule has 2 nitrogen and oxygen atoms in total. The number of aryl methyl sites for hydroxylation is 1. The number of aliphatic hydroxyl groups excluding tert-OH is 1. The maximum Gasteiger partial charge on any atom is 0.105 e. The molecule has 23 heavy (non-hydrogen) atoms. The average Bonchev–Trinajstić information content (AvgIpc) is 3.01. The summed E-state index contributed by atoms with van der Waals surface area (Å²) in [5, 5.41) is 9.32. The minimum absolute atomic E-state index is 0.145. The van der Waals surface area contributed by atoms with Crippen LogP contribution < -0.4 is 5.73 Å². The van der Waals surface area contributed by atoms with Crippen molar-refractivity contribution >= 4 is 11.3 Å². The molecule has 1 unspecified atom stereocenters. The fourth-order valence-electron chi connectivity index (χ4n) is 3.22. The Balaban J connectivity index is 1.66. The lowest BCUT2D eigenvalue weighted by Crippen LogP contribution is -2.27. The van der Waals surface area contributed by atoms with Crippen LogP contribution in [-0.4, -0.2) is 11.3 Å². The van der Waals surface area contributed by atoms with Gasteiger partial charge in [0, 0.05) is 11.3 Å². The zero-order valence-corrected chi connectivity index (χ0v) is 15.2. The lowest BCUT2D eigenvalue weighted by molar-refractivity contribution is 0.119. The molecule has 0 saturated heterocycles. The SMILES string of the molecule is C[C@H](CCc1ccc(C#CCCCC2CCCCC2)s1)C(N)O. The van der Waals surface area contributed by atoms with E-state index in [-0.39, 0.29) is 5.92 Å². The summed E-state index contributed by atoms with van der Waals surface area (Å²) < 4.78 is 0. The van der Waals surface area contributed by atoms with Crippen LogP contribution in [0.4, 0.5) is 0 Å². The summed E-state index contributed by atoms with van der Waals surface area (Å²) in [5.41, 5.74) is 5.49. The van der Waals surface area contributed by atoms with Gasteiger partial charge in [0.05, 0.1) is 4.88 Å². The summed E-state index contributed by atoms with van der Waals surface area (Å²) in [6.45, 7) is 1.99. The number of thiophene rings is 1. The third kappa shape index (κ3) is 7.08. The van der Waals surface area contributed by atoms with Crippen LogP contribution >= 0.6 is 11.3 Å². The lowest BCUT2D eigenvalue weighted by atomic mass is 9.86. The van der Waals surface area contributed by atoms with E-state index in [1.54, 1.807) is 11.3 Å². The van der Waals surface area contributed by atoms with Crippen LogP contribution in [0.1, 0.15) is 74.5 Å². The maximum atomic E-state index is 9.32. The Bertz CT molecular complexity index is 505. The lowest BCUT2D eigenvalue weighted by Gasteiger charge is -2.20. The number of nitrogens with two attached hydrogens (primary N) is 1. The van der Waals surface area contributed by atoms with E-state index in [4.69, 9.17) is 5.73 Å². The monoisotopic (exact) mass is 333 g/mol. The number of rotatable bonds is 7. The molecule has 0 aliphatic heterocycles. The molecule has 2 atom stereocenters. The van der Waals surface area contributed by atoms with Gasteiger partial charge in [0.25, 0.3) is 0 Å². The van der Waals surface area contributed by atoms with Crippen LogP contribution in [-0.2, 0) is 6.42 Å². The number of hydrogen-bond donors (Lipinski definition) is 2. The molecule has 0 aromatic carbocycles. The van der Waals surface area contributed by atoms with E-state index in [1.165, 1.54) is 54.7 Å². The summed E-state index contributed by atoms with van der Waals surface area (Å²) in [4.78, 5) is 2.50. The van der Waals surface area contributed by atoms with Crippen LogP contribution in [0, 0.1) is 23.7 Å². The van der Waals surface area contributed by atoms with Crippen molar-refractivity contribution in [1.82, 2.24) is 0 Å². The van der Waals surface area contributed by atoms with Gasteiger partial charge >= 0.3 is 0 Å². The predicted molar refractivity (Wildman–Crippen MR) is 99.3 cm³/mol. The summed E-state index contributed by atoms with van der Waals surface area (Å²) in [6, 6.07) is 4.28. The molecule has 1 aromatic rings. The highest BCUT2D eigenvalue weighted by molar-refractivity contribution is 7.12. The highest BCUT2D eigenvalue weighted by Crippen LogP contribution is 2.27. The number of aliphatic hydroxyl groups is 1. The molecule has 1 aromatic heterocycles. The first-order valence-corrected chi connectivity index (χ1v) is 9.98. The van der Waals surface area contributed by atoms with E-state index in [1.807, 2.05) is 6.92 Å². The summed E-state index contributed by atoms with van der Waals surface area (Å²) >= 11 is 1.78. The zero-order valence-electron chi connectivity index (χ0n) is 14.4. The summed E-state index contributed by atoms with van der Waals surface area (Å²) in [5.74, 6) is 7.76. The van der Waals surface area contributed by atoms with E-state index in [2.05, 4.69) is 24.0 Å². The Hall–Kier alpha value is -0.820. The average molecular weight is 334 g/mol. The molecule has 1 aliphatic rings. The molecule has 0 radical (unpaired) electrons. The Morgan fingerprint density at radius 2 is 2.09 bits per heavy atom. The van der Waals surface area contributed by atoms with Gasteiger partial charge in [-0.3, -0.25) is 0 Å². The molecule has 0 bridgehead atoms. The molecule has 3 N–H and O–H groups in total. The molecule has 2 rings (SSSR count). The van der Waals surface area contributed by atoms with Crippen molar-refractivity contribution in [3.05, 3.63) is 21.9 Å². The van der Waals surface area contributed by atoms with Gasteiger partial charge in [0.2, 0.25) is 0 Å². The van der Waals surface area contributed by atoms with Gasteiger partial charge in [0.1, 0.15) is 6.23 Å². The molecular formula is C20H31NOS. The van der Waals surface area contributed by atoms with Gasteiger partial charge in [-0.2, -0.15) is 0 Å². The molecule has 1 saturated carbocycles. The molecule has 128 valence electrons. The molecule has 1 heterocycles. The summed E-state index contributed by atoms with van der Waals surface area (Å²) in [6.07, 6.45) is 12.0. The largest absolute Gasteiger partial charge is 0.379 e. The zero-order chi connectivity index (χ0) is 16.5. The van der Waals surface area contributed by atoms with E-state index in [0.29, 0.717) is 0 Å². The van der Waals surface area contributed by atoms with Gasteiger partial charge in [-0.15, -0.1) is 11.3 Å². The first-order chi connectivity index (χ1) is 11.1. The predicted octanol–water partition coefficient (Wildman–Crippen LogP) is 4.70. The molecule has 1 fully saturated rings. The van der Waals surface area contributed by atoms with Gasteiger partial charge in [-0.25, -0.2) is 0 Å². The van der Waals surface area contributed by atoms with Crippen molar-refractivity contribution in [1.29, 1.82) is 0 Å². The number of unbranched alkanes of at least 4 members (excludes halogenated alkanes) is 1. The van der Waals surface area contributed by atoms with Crippen LogP contribution in [0.3, 0.4) is 0 Å². The first kappa shape index (κ1) is 18.5. The second-order valence-electron chi connectivity index (χ2n) is 6.97. The highest BCUT2D eigenvalue weighted by atomic mass is 32.1. The van der Waals surface area contributed by atoms with Crippen molar-refractivity contribution in [2.24, 2.45) is 17.6 Å². The fraction of sp³-hybridized carbons (Fsp3) is 0.700. The van der Waals surface area contributed by atoms with E-state index in [9.17, 15) is 5.11 Å². The van der Waals surface area contributed by atoms with Crippen molar-refractivity contribution in [2.75, 3.05) is 0 Å². The van der Waals surface area contributed by atoms with E-state index >= 15 is 0 Å². The third-order valence-corrected chi connectivity index (χ3v) is 6.00. The smallest absolute Gasteiger partial charge is 0.105 e. The quantitative estimate of drug-likeness (QED) is 0.432. The standard InChI is InChI=1S/C20H31NOS/c1-16(20(21)22)12-13-19-15-14-18(23-19)11-7-3-6-10-17-8-4-2-5-9-17/h14-17,20,22H,2-6,8-10,12-13,21H2,1H3/t16-,20?/m1/s1. The highest BCUT2D eigenvalue weighted by Gasteiger charge is 2.12. The van der Waals surface area contributed by atoms with E-state index < -0.39 is 6.23 Å². The number of hydrogen-bond acceptors (Lipinski definition) is 3. The normalized spacial score (nSPS) is 18.2. The maximum absolute atomic E-state index is 9.32. The Morgan fingerprint density at radius 3 is 2.83 bits per heavy atom. The fourth-order valence-corrected chi connectivity index (χ4v) is 4.12. The third-order valence-electron chi connectivity index (χ3n) is 4.94. The van der Waals surface area contributed by atoms with Crippen molar-refractivity contribution < 1.29 is 5.11 Å². The Labute approximate surface area is 145 Å². The van der Waals surface area contributed by atoms with Crippen molar-refractivity contribution in [2.45, 2.75) is 77.4 Å². The van der Waals surface area contributed by atoms with Crippen molar-refractivity contribution in [3.8, 4) is 11.8 Å². The Kier molecular flexibility index (Phi) is 8.16. The van der Waals surface area contributed by atoms with Crippen LogP contribution in [0.25, 0.3) is 0 Å². The van der Waals surface area contributed by atoms with Gasteiger partial charge in [-0.05, 0) is 49.7 Å². The molecule has 0 spiro atoms. The van der Waals surface area contributed by atoms with E-state index in [0.717, 1.165) is 25.2 Å². The van der Waals surface area contributed by atoms with Gasteiger partial charge < -0.3 is 10.8 Å². The van der Waals surface area contributed by atoms with Gasteiger partial charge in [0.15, 0.2) is 0 Å². The first-order valence-electron chi connectivity index (χ1n) is 9.16. The van der Waals surface area contributed by atoms with Crippen molar-refractivity contribution in [3.63, 3.8) is 0 Å². The minimum atomic E-state index is -0.710. The molecule has 0 amide bonds. The summed E-state index contributed by atoms with van der Waals surface area (Å²) in [7, 11) is 0. The Morgan fingerprint density at radius 1 is 1.30 bits per heavy atom. The topological polar surface area (TPSA) is 46.2 Å². The van der Waals surface area contributed by atoms with Crippen LogP contribution in [0.15, 0.2) is 12.1 Å². The second-order valence-corrected chi connectivity index (χ2v) is 8.14. The van der Waals surface area contributed by atoms with Crippen LogP contribution in [0.5, 0.6) is 0 Å². The minimum Gasteiger partial charge on any atom is -0.379 e. The van der Waals surface area contributed by atoms with Gasteiger partial charge in [-0.1, -0.05) is 50.9 Å². The second kappa shape index (κ2) is 10.1. The van der Waals surface area contributed by atoms with Crippen LogP contribution in [0.2, 0.25) is 0 Å². The molecular weight excluding hydrogens is 302 g/mol.